The van der Waals surface area contributed by atoms with Gasteiger partial charge in [0.1, 0.15) is 0 Å². The summed E-state index contributed by atoms with van der Waals surface area (Å²) in [6.07, 6.45) is 2.03. The van der Waals surface area contributed by atoms with E-state index in [1.807, 2.05) is 18.2 Å². The van der Waals surface area contributed by atoms with E-state index in [0.29, 0.717) is 6.54 Å². The first kappa shape index (κ1) is 15.6. The first-order valence-electron chi connectivity index (χ1n) is 6.90. The molecule has 20 heavy (non-hydrogen) atoms. The molecule has 112 valence electrons. The summed E-state index contributed by atoms with van der Waals surface area (Å²) in [5.74, 6) is 0.162. The van der Waals surface area contributed by atoms with Gasteiger partial charge in [0, 0.05) is 12.0 Å². The van der Waals surface area contributed by atoms with Crippen molar-refractivity contribution in [2.45, 2.75) is 25.2 Å². The van der Waals surface area contributed by atoms with Gasteiger partial charge in [-0.25, -0.2) is 8.42 Å². The molecule has 0 aliphatic carbocycles. The highest BCUT2D eigenvalue weighted by Gasteiger charge is 2.46. The summed E-state index contributed by atoms with van der Waals surface area (Å²) >= 11 is 0. The van der Waals surface area contributed by atoms with Crippen LogP contribution in [0.1, 0.15) is 25.3 Å². The van der Waals surface area contributed by atoms with Crippen LogP contribution in [0.25, 0.3) is 0 Å². The summed E-state index contributed by atoms with van der Waals surface area (Å²) in [5.41, 5.74) is 2.13. The van der Waals surface area contributed by atoms with Gasteiger partial charge >= 0.3 is 0 Å². The molecule has 0 bridgehead atoms. The number of nitrogens with zero attached hydrogens (tertiary/aromatic N) is 1. The van der Waals surface area contributed by atoms with Gasteiger partial charge in [0.05, 0.1) is 11.4 Å². The van der Waals surface area contributed by atoms with Gasteiger partial charge in [-0.05, 0) is 44.5 Å². The zero-order chi connectivity index (χ0) is 13.5. The van der Waals surface area contributed by atoms with Gasteiger partial charge < -0.3 is 5.32 Å². The number of hydrogen-bond donors (Lipinski definition) is 1. The SMILES string of the molecule is CCS(=O)(=O)N1CC2(CCNCC2)c2ccccc21.Cl. The van der Waals surface area contributed by atoms with Gasteiger partial charge in [-0.2, -0.15) is 0 Å². The minimum Gasteiger partial charge on any atom is -0.317 e. The number of fused-ring (bicyclic) bond motifs is 2. The van der Waals surface area contributed by atoms with E-state index in [1.54, 1.807) is 11.2 Å². The zero-order valence-corrected chi connectivity index (χ0v) is 13.3. The number of benzene rings is 1. The predicted molar refractivity (Wildman–Crippen MR) is 84.3 cm³/mol. The van der Waals surface area contributed by atoms with Crippen LogP contribution in [0.5, 0.6) is 0 Å². The molecule has 2 aliphatic heterocycles. The summed E-state index contributed by atoms with van der Waals surface area (Å²) in [6, 6.07) is 7.99. The molecule has 1 N–H and O–H groups in total. The quantitative estimate of drug-likeness (QED) is 0.906. The van der Waals surface area contributed by atoms with Crippen molar-refractivity contribution in [3.05, 3.63) is 29.8 Å². The van der Waals surface area contributed by atoms with Gasteiger partial charge in [0.2, 0.25) is 10.0 Å². The Labute approximate surface area is 127 Å². The molecule has 1 saturated heterocycles. The van der Waals surface area contributed by atoms with E-state index < -0.39 is 10.0 Å². The van der Waals surface area contributed by atoms with E-state index >= 15 is 0 Å². The van der Waals surface area contributed by atoms with Crippen molar-refractivity contribution in [2.75, 3.05) is 29.7 Å². The Morgan fingerprint density at radius 3 is 2.55 bits per heavy atom. The molecule has 4 nitrogen and oxygen atoms in total. The Morgan fingerprint density at radius 1 is 1.25 bits per heavy atom. The third kappa shape index (κ3) is 2.32. The van der Waals surface area contributed by atoms with Crippen molar-refractivity contribution in [1.82, 2.24) is 5.32 Å². The molecule has 1 aromatic rings. The molecule has 3 rings (SSSR count). The van der Waals surface area contributed by atoms with Crippen LogP contribution in [-0.2, 0) is 15.4 Å². The fourth-order valence-electron chi connectivity index (χ4n) is 3.32. The van der Waals surface area contributed by atoms with E-state index in [4.69, 9.17) is 0 Å². The lowest BCUT2D eigenvalue weighted by molar-refractivity contribution is 0.330. The highest BCUT2D eigenvalue weighted by Crippen LogP contribution is 2.46. The Kier molecular flexibility index (Phi) is 4.33. The summed E-state index contributed by atoms with van der Waals surface area (Å²) < 4.78 is 26.2. The number of halogens is 1. The molecular weight excluding hydrogens is 296 g/mol. The van der Waals surface area contributed by atoms with Crippen LogP contribution in [0.2, 0.25) is 0 Å². The molecule has 0 saturated carbocycles. The van der Waals surface area contributed by atoms with Crippen LogP contribution in [0.3, 0.4) is 0 Å². The molecular formula is C14H21ClN2O2S. The summed E-state index contributed by atoms with van der Waals surface area (Å²) in [5, 5.41) is 3.37. The number of piperidine rings is 1. The monoisotopic (exact) mass is 316 g/mol. The van der Waals surface area contributed by atoms with Gasteiger partial charge in [0.25, 0.3) is 0 Å². The smallest absolute Gasteiger partial charge is 0.234 e. The number of rotatable bonds is 2. The van der Waals surface area contributed by atoms with Crippen molar-refractivity contribution in [3.63, 3.8) is 0 Å². The molecule has 1 spiro atoms. The van der Waals surface area contributed by atoms with Gasteiger partial charge in [-0.1, -0.05) is 18.2 Å². The third-order valence-corrected chi connectivity index (χ3v) is 6.18. The van der Waals surface area contributed by atoms with Crippen LogP contribution < -0.4 is 9.62 Å². The number of anilines is 1. The second kappa shape index (κ2) is 5.54. The Balaban J connectivity index is 0.00000147. The average molecular weight is 317 g/mol. The first-order chi connectivity index (χ1) is 9.09. The number of hydrogen-bond acceptors (Lipinski definition) is 3. The summed E-state index contributed by atoms with van der Waals surface area (Å²) in [4.78, 5) is 0. The lowest BCUT2D eigenvalue weighted by Crippen LogP contribution is -2.44. The summed E-state index contributed by atoms with van der Waals surface area (Å²) in [6.45, 7) is 4.26. The van der Waals surface area contributed by atoms with E-state index in [9.17, 15) is 8.42 Å². The number of nitrogens with one attached hydrogen (secondary N) is 1. The van der Waals surface area contributed by atoms with E-state index in [-0.39, 0.29) is 23.6 Å². The topological polar surface area (TPSA) is 49.4 Å². The van der Waals surface area contributed by atoms with Crippen LogP contribution in [0.4, 0.5) is 5.69 Å². The number of sulfonamides is 1. The van der Waals surface area contributed by atoms with Crippen molar-refractivity contribution < 1.29 is 8.42 Å². The largest absolute Gasteiger partial charge is 0.317 e. The molecule has 0 atom stereocenters. The first-order valence-corrected chi connectivity index (χ1v) is 8.51. The second-order valence-electron chi connectivity index (χ2n) is 5.45. The fourth-order valence-corrected chi connectivity index (χ4v) is 4.54. The summed E-state index contributed by atoms with van der Waals surface area (Å²) in [7, 11) is -3.17. The lowest BCUT2D eigenvalue weighted by Gasteiger charge is -2.34. The third-order valence-electron chi connectivity index (χ3n) is 4.45. The maximum atomic E-state index is 12.3. The van der Waals surface area contributed by atoms with Crippen LogP contribution >= 0.6 is 12.4 Å². The van der Waals surface area contributed by atoms with E-state index in [0.717, 1.165) is 31.6 Å². The molecule has 1 fully saturated rings. The maximum Gasteiger partial charge on any atom is 0.234 e. The molecule has 2 heterocycles. The van der Waals surface area contributed by atoms with Gasteiger partial charge in [0.15, 0.2) is 0 Å². The molecule has 1 aromatic carbocycles. The minimum atomic E-state index is -3.17. The standard InChI is InChI=1S/C14H20N2O2S.ClH/c1-2-19(17,18)16-11-14(7-9-15-10-8-14)12-5-3-4-6-13(12)16;/h3-6,15H,2,7-11H2,1H3;1H. The average Bonchev–Trinajstić information content (AvgIpc) is 2.76. The molecule has 0 amide bonds. The fraction of sp³-hybridized carbons (Fsp3) is 0.571. The highest BCUT2D eigenvalue weighted by molar-refractivity contribution is 7.92. The normalized spacial score (nSPS) is 20.6. The molecule has 0 aromatic heterocycles. The van der Waals surface area contributed by atoms with Crippen molar-refractivity contribution in [3.8, 4) is 0 Å². The van der Waals surface area contributed by atoms with Gasteiger partial charge in [-0.3, -0.25) is 4.31 Å². The van der Waals surface area contributed by atoms with Crippen molar-refractivity contribution in [1.29, 1.82) is 0 Å². The van der Waals surface area contributed by atoms with E-state index in [2.05, 4.69) is 11.4 Å². The molecule has 0 unspecified atom stereocenters. The van der Waals surface area contributed by atoms with Crippen LogP contribution in [-0.4, -0.2) is 33.8 Å². The molecule has 2 aliphatic rings. The Bertz CT molecular complexity index is 583. The highest BCUT2D eigenvalue weighted by atomic mass is 35.5. The zero-order valence-electron chi connectivity index (χ0n) is 11.6. The predicted octanol–water partition coefficient (Wildman–Crippen LogP) is 1.90. The minimum absolute atomic E-state index is 0. The van der Waals surface area contributed by atoms with Crippen molar-refractivity contribution in [2.24, 2.45) is 0 Å². The lowest BCUT2D eigenvalue weighted by atomic mass is 9.75. The second-order valence-corrected chi connectivity index (χ2v) is 7.64. The van der Waals surface area contributed by atoms with Crippen LogP contribution in [0.15, 0.2) is 24.3 Å². The molecule has 0 radical (unpaired) electrons. The van der Waals surface area contributed by atoms with Crippen molar-refractivity contribution >= 4 is 28.1 Å². The Hall–Kier alpha value is -0.780. The number of para-hydroxylation sites is 1. The molecule has 6 heteroatoms. The maximum absolute atomic E-state index is 12.3. The Morgan fingerprint density at radius 2 is 1.90 bits per heavy atom. The van der Waals surface area contributed by atoms with Gasteiger partial charge in [-0.15, -0.1) is 12.4 Å². The van der Waals surface area contributed by atoms with E-state index in [1.165, 1.54) is 5.56 Å². The van der Waals surface area contributed by atoms with Crippen LogP contribution in [0, 0.1) is 0 Å².